The van der Waals surface area contributed by atoms with E-state index >= 15 is 0 Å². The Morgan fingerprint density at radius 3 is 2.72 bits per heavy atom. The first-order chi connectivity index (χ1) is 15.1. The molecule has 1 aliphatic rings. The number of urea groups is 1. The number of aliphatic hydroxyl groups excluding tert-OH is 1. The molecule has 0 fully saturated rings. The number of fused-ring (bicyclic) bond motifs is 1. The van der Waals surface area contributed by atoms with Gasteiger partial charge in [0.05, 0.1) is 36.5 Å². The van der Waals surface area contributed by atoms with Gasteiger partial charge in [-0.15, -0.1) is 0 Å². The summed E-state index contributed by atoms with van der Waals surface area (Å²) >= 11 is 0. The lowest BCUT2D eigenvalue weighted by Crippen LogP contribution is -2.44. The van der Waals surface area contributed by atoms with Gasteiger partial charge in [0.2, 0.25) is 5.95 Å². The zero-order chi connectivity index (χ0) is 23.5. The first kappa shape index (κ1) is 23.7. The number of halogens is 4. The van der Waals surface area contributed by atoms with E-state index in [1.165, 1.54) is 4.90 Å². The van der Waals surface area contributed by atoms with Crippen LogP contribution in [0, 0.1) is 5.82 Å². The Hall–Kier alpha value is -2.95. The van der Waals surface area contributed by atoms with Crippen LogP contribution in [0.25, 0.3) is 0 Å². The summed E-state index contributed by atoms with van der Waals surface area (Å²) < 4.78 is 52.1. The number of hydrogen-bond acceptors (Lipinski definition) is 5. The summed E-state index contributed by atoms with van der Waals surface area (Å²) in [4.78, 5) is 22.9. The number of carbonyl (C=O) groups is 1. The fourth-order valence-corrected chi connectivity index (χ4v) is 3.40. The van der Waals surface area contributed by atoms with E-state index in [4.69, 9.17) is 0 Å². The van der Waals surface area contributed by atoms with Gasteiger partial charge in [-0.05, 0) is 43.0 Å². The third-order valence-corrected chi connectivity index (χ3v) is 5.42. The summed E-state index contributed by atoms with van der Waals surface area (Å²) in [6.07, 6.45) is -1.85. The Balaban J connectivity index is 1.66. The molecule has 0 unspecified atom stereocenters. The molecule has 0 aliphatic carbocycles. The smallest absolute Gasteiger partial charge is 0.394 e. The van der Waals surface area contributed by atoms with Crippen LogP contribution >= 0.6 is 0 Å². The third-order valence-electron chi connectivity index (χ3n) is 5.42. The monoisotopic (exact) mass is 455 g/mol. The molecule has 1 aliphatic heterocycles. The molecule has 32 heavy (non-hydrogen) atoms. The number of aromatic nitrogens is 2. The highest BCUT2D eigenvalue weighted by Gasteiger charge is 2.34. The van der Waals surface area contributed by atoms with E-state index in [2.05, 4.69) is 20.6 Å². The highest BCUT2D eigenvalue weighted by atomic mass is 19.4. The highest BCUT2D eigenvalue weighted by Crippen LogP contribution is 2.32. The van der Waals surface area contributed by atoms with Crippen molar-refractivity contribution in [1.82, 2.24) is 20.2 Å². The average Bonchev–Trinajstić information content (AvgIpc) is 2.75. The maximum Gasteiger partial charge on any atom is 0.419 e. The molecular weight excluding hydrogens is 430 g/mol. The van der Waals surface area contributed by atoms with Crippen molar-refractivity contribution in [2.24, 2.45) is 0 Å². The fraction of sp³-hybridized carbons (Fsp3) is 0.476. The minimum Gasteiger partial charge on any atom is -0.394 e. The van der Waals surface area contributed by atoms with E-state index in [9.17, 15) is 27.5 Å². The topological polar surface area (TPSA) is 90.4 Å². The van der Waals surface area contributed by atoms with Gasteiger partial charge in [0, 0.05) is 12.7 Å². The predicted octanol–water partition coefficient (Wildman–Crippen LogP) is 3.65. The minimum absolute atomic E-state index is 0.0616. The van der Waals surface area contributed by atoms with E-state index in [1.54, 1.807) is 13.1 Å². The highest BCUT2D eigenvalue weighted by molar-refractivity contribution is 5.75. The summed E-state index contributed by atoms with van der Waals surface area (Å²) in [5.41, 5.74) is 0.465. The molecule has 0 bridgehead atoms. The van der Waals surface area contributed by atoms with Crippen molar-refractivity contribution in [3.8, 4) is 0 Å². The summed E-state index contributed by atoms with van der Waals surface area (Å²) in [6, 6.07) is 1.30. The molecule has 0 spiro atoms. The molecule has 2 aromatic rings. The quantitative estimate of drug-likeness (QED) is 0.579. The van der Waals surface area contributed by atoms with E-state index < -0.39 is 29.6 Å². The molecule has 174 valence electrons. The molecule has 0 radical (unpaired) electrons. The molecule has 0 saturated heterocycles. The van der Waals surface area contributed by atoms with Gasteiger partial charge in [0.25, 0.3) is 0 Å². The number of nitrogens with one attached hydrogen (secondary N) is 2. The van der Waals surface area contributed by atoms with Crippen LogP contribution in [0.1, 0.15) is 48.7 Å². The maximum atomic E-state index is 13.9. The van der Waals surface area contributed by atoms with Crippen molar-refractivity contribution in [3.05, 3.63) is 52.6 Å². The number of nitrogens with zero attached hydrogens (tertiary/aromatic N) is 3. The standard InChI is InChI=1S/C21H25F4N5O2/c1-3-15(11-31)28-19-26-9-14-6-7-30(10-18(14)29-19)20(32)27-12(2)13-4-5-16(17(22)8-13)21(23,24)25/h4-5,8-9,12,15,31H,3,6-7,10-11H2,1-2H3,(H,27,32)(H,26,28,29)/t12-,15+/m1/s1. The van der Waals surface area contributed by atoms with E-state index in [-0.39, 0.29) is 24.8 Å². The van der Waals surface area contributed by atoms with Crippen molar-refractivity contribution < 1.29 is 27.5 Å². The molecule has 3 N–H and O–H groups in total. The number of rotatable bonds is 6. The van der Waals surface area contributed by atoms with Crippen LogP contribution in [0.4, 0.5) is 28.3 Å². The summed E-state index contributed by atoms with van der Waals surface area (Å²) in [5, 5.41) is 15.1. The second-order valence-corrected chi connectivity index (χ2v) is 7.68. The predicted molar refractivity (Wildman–Crippen MR) is 109 cm³/mol. The molecule has 7 nitrogen and oxygen atoms in total. The van der Waals surface area contributed by atoms with Crippen LogP contribution in [0.3, 0.4) is 0 Å². The lowest BCUT2D eigenvalue weighted by Gasteiger charge is -2.30. The van der Waals surface area contributed by atoms with Crippen molar-refractivity contribution in [3.63, 3.8) is 0 Å². The van der Waals surface area contributed by atoms with Gasteiger partial charge in [-0.1, -0.05) is 13.0 Å². The van der Waals surface area contributed by atoms with Gasteiger partial charge in [-0.25, -0.2) is 19.2 Å². The van der Waals surface area contributed by atoms with Crippen molar-refractivity contribution >= 4 is 12.0 Å². The van der Waals surface area contributed by atoms with Crippen molar-refractivity contribution in [2.75, 3.05) is 18.5 Å². The van der Waals surface area contributed by atoms with Crippen molar-refractivity contribution in [1.29, 1.82) is 0 Å². The van der Waals surface area contributed by atoms with Crippen molar-refractivity contribution in [2.45, 2.75) is 51.5 Å². The second-order valence-electron chi connectivity index (χ2n) is 7.68. The Morgan fingerprint density at radius 2 is 2.09 bits per heavy atom. The molecule has 1 aromatic carbocycles. The molecular formula is C21H25F4N5O2. The number of amides is 2. The zero-order valence-corrected chi connectivity index (χ0v) is 17.7. The summed E-state index contributed by atoms with van der Waals surface area (Å²) in [5.74, 6) is -1.02. The largest absolute Gasteiger partial charge is 0.419 e. The average molecular weight is 455 g/mol. The lowest BCUT2D eigenvalue weighted by atomic mass is 10.0. The van der Waals surface area contributed by atoms with Crippen LogP contribution in [-0.2, 0) is 19.1 Å². The van der Waals surface area contributed by atoms with Gasteiger partial charge >= 0.3 is 12.2 Å². The van der Waals surface area contributed by atoms with Gasteiger partial charge < -0.3 is 20.6 Å². The number of alkyl halides is 3. The van der Waals surface area contributed by atoms with Crippen LogP contribution in [0.5, 0.6) is 0 Å². The first-order valence-corrected chi connectivity index (χ1v) is 10.3. The number of carbonyl (C=O) groups excluding carboxylic acids is 1. The Morgan fingerprint density at radius 1 is 1.34 bits per heavy atom. The Bertz CT molecular complexity index is 966. The fourth-order valence-electron chi connectivity index (χ4n) is 3.40. The van der Waals surface area contributed by atoms with Crippen LogP contribution < -0.4 is 10.6 Å². The number of hydrogen-bond donors (Lipinski definition) is 3. The van der Waals surface area contributed by atoms with Gasteiger partial charge in [0.15, 0.2) is 0 Å². The van der Waals surface area contributed by atoms with Gasteiger partial charge in [-0.3, -0.25) is 0 Å². The van der Waals surface area contributed by atoms with E-state index in [1.807, 2.05) is 6.92 Å². The summed E-state index contributed by atoms with van der Waals surface area (Å²) in [6.45, 7) is 4.07. The number of anilines is 1. The first-order valence-electron chi connectivity index (χ1n) is 10.3. The molecule has 11 heteroatoms. The second kappa shape index (κ2) is 9.68. The van der Waals surface area contributed by atoms with E-state index in [0.717, 1.165) is 17.7 Å². The lowest BCUT2D eigenvalue weighted by molar-refractivity contribution is -0.140. The van der Waals surface area contributed by atoms with Crippen LogP contribution in [-0.4, -0.2) is 45.2 Å². The molecule has 0 saturated carbocycles. The SMILES string of the molecule is CC[C@@H](CO)Nc1ncc2c(n1)CN(C(=O)N[C@H](C)c1ccc(C(F)(F)F)c(F)c1)CC2. The van der Waals surface area contributed by atoms with Crippen LogP contribution in [0.15, 0.2) is 24.4 Å². The zero-order valence-electron chi connectivity index (χ0n) is 17.7. The third kappa shape index (κ3) is 5.45. The Labute approximate surface area is 182 Å². The molecule has 3 rings (SSSR count). The van der Waals surface area contributed by atoms with Gasteiger partial charge in [-0.2, -0.15) is 13.2 Å². The number of benzene rings is 1. The van der Waals surface area contributed by atoms with Crippen LogP contribution in [0.2, 0.25) is 0 Å². The summed E-state index contributed by atoms with van der Waals surface area (Å²) in [7, 11) is 0. The van der Waals surface area contributed by atoms with Gasteiger partial charge in [0.1, 0.15) is 5.82 Å². The Kier molecular flexibility index (Phi) is 7.17. The number of aliphatic hydroxyl groups is 1. The molecule has 2 heterocycles. The minimum atomic E-state index is -4.78. The van der Waals surface area contributed by atoms with E-state index in [0.29, 0.717) is 37.1 Å². The molecule has 1 aromatic heterocycles. The molecule has 2 amide bonds. The molecule has 2 atom stereocenters. The maximum absolute atomic E-state index is 13.9. The normalized spacial score (nSPS) is 15.7.